The first kappa shape index (κ1) is 24.1. The number of aromatic nitrogens is 2. The highest BCUT2D eigenvalue weighted by atomic mass is 16.7. The highest BCUT2D eigenvalue weighted by molar-refractivity contribution is 6.56. The van der Waals surface area contributed by atoms with Crippen molar-refractivity contribution >= 4 is 23.6 Å². The lowest BCUT2D eigenvalue weighted by molar-refractivity contribution is -0.0366. The van der Waals surface area contributed by atoms with Crippen molar-refractivity contribution in [1.29, 1.82) is 0 Å². The number of nitrogens with zero attached hydrogens (tertiary/aromatic N) is 2. The topological polar surface area (TPSA) is 65.7 Å². The second-order valence-corrected chi connectivity index (χ2v) is 10.6. The minimum absolute atomic E-state index is 0.00448. The second-order valence-electron chi connectivity index (χ2n) is 10.6. The zero-order valence-corrected chi connectivity index (χ0v) is 21.4. The molecule has 0 bridgehead atoms. The molecule has 0 spiro atoms. The van der Waals surface area contributed by atoms with E-state index in [2.05, 4.69) is 57.9 Å². The smallest absolute Gasteiger partial charge is 0.491 e. The van der Waals surface area contributed by atoms with E-state index in [9.17, 15) is 5.11 Å². The summed E-state index contributed by atoms with van der Waals surface area (Å²) in [6.07, 6.45) is 5.94. The SMILES string of the molecule is CCC(B1OC(C)(C)C(C)(C)O1)=C(c1ccc(O)cc1)c1ccc2c(cnn2C2CCCCO2)c1. The maximum Gasteiger partial charge on any atom is 0.491 e. The number of rotatable bonds is 5. The summed E-state index contributed by atoms with van der Waals surface area (Å²) < 4.78 is 20.9. The lowest BCUT2D eigenvalue weighted by atomic mass is 9.70. The summed E-state index contributed by atoms with van der Waals surface area (Å²) in [7, 11) is -0.456. The Bertz CT molecular complexity index is 1220. The third-order valence-corrected chi connectivity index (χ3v) is 7.71. The summed E-state index contributed by atoms with van der Waals surface area (Å²) in [6.45, 7) is 11.2. The monoisotopic (exact) mass is 474 g/mol. The average molecular weight is 474 g/mol. The van der Waals surface area contributed by atoms with Gasteiger partial charge in [-0.2, -0.15) is 5.10 Å². The summed E-state index contributed by atoms with van der Waals surface area (Å²) in [5.41, 5.74) is 4.44. The first-order valence-corrected chi connectivity index (χ1v) is 12.7. The van der Waals surface area contributed by atoms with Crippen LogP contribution >= 0.6 is 0 Å². The van der Waals surface area contributed by atoms with E-state index in [0.29, 0.717) is 0 Å². The molecule has 1 unspecified atom stereocenters. The van der Waals surface area contributed by atoms with Crippen LogP contribution in [0.1, 0.15) is 77.7 Å². The Kier molecular flexibility index (Phi) is 6.28. The van der Waals surface area contributed by atoms with E-state index in [4.69, 9.17) is 14.0 Å². The summed E-state index contributed by atoms with van der Waals surface area (Å²) in [4.78, 5) is 0. The number of aromatic hydroxyl groups is 1. The zero-order valence-electron chi connectivity index (χ0n) is 21.4. The van der Waals surface area contributed by atoms with E-state index in [-0.39, 0.29) is 12.0 Å². The van der Waals surface area contributed by atoms with Gasteiger partial charge in [0.25, 0.3) is 0 Å². The molecule has 2 aromatic carbocycles. The molecule has 0 saturated carbocycles. The van der Waals surface area contributed by atoms with Crippen LogP contribution in [0.4, 0.5) is 0 Å². The number of hydrogen-bond donors (Lipinski definition) is 1. The van der Waals surface area contributed by atoms with E-state index in [0.717, 1.165) is 65.4 Å². The fourth-order valence-corrected chi connectivity index (χ4v) is 4.97. The van der Waals surface area contributed by atoms with Crippen molar-refractivity contribution in [3.63, 3.8) is 0 Å². The highest BCUT2D eigenvalue weighted by Gasteiger charge is 2.52. The van der Waals surface area contributed by atoms with Crippen LogP contribution in [-0.2, 0) is 14.0 Å². The molecule has 0 aliphatic carbocycles. The molecule has 184 valence electrons. The Balaban J connectivity index is 1.63. The van der Waals surface area contributed by atoms with Gasteiger partial charge in [0.1, 0.15) is 5.75 Å². The molecule has 7 heteroatoms. The molecular formula is C28H35BN2O4. The minimum Gasteiger partial charge on any atom is -0.508 e. The van der Waals surface area contributed by atoms with Crippen molar-refractivity contribution < 1.29 is 19.2 Å². The molecule has 1 aromatic heterocycles. The van der Waals surface area contributed by atoms with E-state index >= 15 is 0 Å². The normalized spacial score (nSPS) is 22.4. The maximum atomic E-state index is 9.93. The van der Waals surface area contributed by atoms with Gasteiger partial charge in [0.15, 0.2) is 6.23 Å². The van der Waals surface area contributed by atoms with E-state index in [1.807, 2.05) is 23.0 Å². The molecule has 3 heterocycles. The average Bonchev–Trinajstić information content (AvgIpc) is 3.35. The summed E-state index contributed by atoms with van der Waals surface area (Å²) in [5, 5.41) is 15.7. The Morgan fingerprint density at radius 3 is 2.34 bits per heavy atom. The molecule has 0 amide bonds. The number of fused-ring (bicyclic) bond motifs is 1. The first-order chi connectivity index (χ1) is 16.7. The number of phenols is 1. The summed E-state index contributed by atoms with van der Waals surface area (Å²) in [6, 6.07) is 13.8. The molecule has 2 saturated heterocycles. The predicted molar refractivity (Wildman–Crippen MR) is 139 cm³/mol. The third kappa shape index (κ3) is 4.41. The fourth-order valence-electron chi connectivity index (χ4n) is 4.97. The molecule has 6 nitrogen and oxygen atoms in total. The van der Waals surface area contributed by atoms with Crippen molar-refractivity contribution in [1.82, 2.24) is 9.78 Å². The molecule has 1 N–H and O–H groups in total. The molecule has 0 radical (unpaired) electrons. The van der Waals surface area contributed by atoms with Gasteiger partial charge < -0.3 is 19.2 Å². The predicted octanol–water partition coefficient (Wildman–Crippen LogP) is 6.28. The van der Waals surface area contributed by atoms with E-state index in [1.165, 1.54) is 0 Å². The number of phenolic OH excluding ortho intramolecular Hbond substituents is 1. The van der Waals surface area contributed by atoms with E-state index in [1.54, 1.807) is 12.1 Å². The van der Waals surface area contributed by atoms with Crippen molar-refractivity contribution in [2.45, 2.75) is 77.7 Å². The van der Waals surface area contributed by atoms with Gasteiger partial charge in [0.05, 0.1) is 22.9 Å². The number of benzene rings is 2. The fraction of sp³-hybridized carbons (Fsp3) is 0.464. The first-order valence-electron chi connectivity index (χ1n) is 12.7. The minimum atomic E-state index is -0.456. The lowest BCUT2D eigenvalue weighted by Gasteiger charge is -2.32. The number of allylic oxidation sites excluding steroid dienone is 1. The van der Waals surface area contributed by atoms with Gasteiger partial charge in [-0.25, -0.2) is 4.68 Å². The Hall–Kier alpha value is -2.61. The van der Waals surface area contributed by atoms with Crippen LogP contribution in [0.2, 0.25) is 0 Å². The van der Waals surface area contributed by atoms with Gasteiger partial charge in [-0.1, -0.05) is 25.1 Å². The Labute approximate surface area is 208 Å². The zero-order chi connectivity index (χ0) is 24.8. The summed E-state index contributed by atoms with van der Waals surface area (Å²) >= 11 is 0. The second kappa shape index (κ2) is 9.12. The van der Waals surface area contributed by atoms with Crippen LogP contribution in [0.15, 0.2) is 54.1 Å². The quantitative estimate of drug-likeness (QED) is 0.441. The molecule has 3 aromatic rings. The van der Waals surface area contributed by atoms with Crippen molar-refractivity contribution in [2.75, 3.05) is 6.61 Å². The van der Waals surface area contributed by atoms with Crippen LogP contribution in [0.25, 0.3) is 16.5 Å². The van der Waals surface area contributed by atoms with Gasteiger partial charge in [0, 0.05) is 12.0 Å². The summed E-state index contributed by atoms with van der Waals surface area (Å²) in [5.74, 6) is 0.242. The molecule has 2 aliphatic rings. The highest BCUT2D eigenvalue weighted by Crippen LogP contribution is 2.42. The number of hydrogen-bond acceptors (Lipinski definition) is 5. The van der Waals surface area contributed by atoms with Gasteiger partial charge >= 0.3 is 7.12 Å². The van der Waals surface area contributed by atoms with Crippen LogP contribution < -0.4 is 0 Å². The standard InChI is InChI=1S/C28H35BN2O4/c1-6-23(29-34-27(2,3)28(4,5)35-29)26(19-10-13-22(32)14-11-19)20-12-15-24-21(17-20)18-30-31(24)25-9-7-8-16-33-25/h10-15,17-18,25,32H,6-9,16H2,1-5H3. The molecule has 2 aliphatic heterocycles. The Morgan fingerprint density at radius 1 is 1.03 bits per heavy atom. The third-order valence-electron chi connectivity index (χ3n) is 7.71. The molecule has 2 fully saturated rings. The van der Waals surface area contributed by atoms with Crippen molar-refractivity contribution in [3.8, 4) is 5.75 Å². The number of ether oxygens (including phenoxy) is 1. The largest absolute Gasteiger partial charge is 0.508 e. The maximum absolute atomic E-state index is 9.93. The van der Waals surface area contributed by atoms with Gasteiger partial charge in [-0.15, -0.1) is 0 Å². The van der Waals surface area contributed by atoms with Crippen LogP contribution in [0.3, 0.4) is 0 Å². The van der Waals surface area contributed by atoms with Crippen LogP contribution in [0, 0.1) is 0 Å². The molecule has 35 heavy (non-hydrogen) atoms. The molecular weight excluding hydrogens is 439 g/mol. The van der Waals surface area contributed by atoms with E-state index < -0.39 is 18.3 Å². The van der Waals surface area contributed by atoms with Gasteiger partial charge in [-0.05, 0) is 99.8 Å². The van der Waals surface area contributed by atoms with Crippen molar-refractivity contribution in [3.05, 3.63) is 65.3 Å². The van der Waals surface area contributed by atoms with Crippen LogP contribution in [-0.4, -0.2) is 39.8 Å². The Morgan fingerprint density at radius 2 is 1.71 bits per heavy atom. The van der Waals surface area contributed by atoms with Gasteiger partial charge in [0.2, 0.25) is 0 Å². The lowest BCUT2D eigenvalue weighted by Crippen LogP contribution is -2.41. The van der Waals surface area contributed by atoms with Gasteiger partial charge in [-0.3, -0.25) is 0 Å². The van der Waals surface area contributed by atoms with Crippen LogP contribution in [0.5, 0.6) is 5.75 Å². The van der Waals surface area contributed by atoms with Crippen molar-refractivity contribution in [2.24, 2.45) is 0 Å². The molecule has 5 rings (SSSR count). The molecule has 1 atom stereocenters.